The summed E-state index contributed by atoms with van der Waals surface area (Å²) in [5.74, 6) is -0.875. The largest absolute Gasteiger partial charge is 0.465 e. The van der Waals surface area contributed by atoms with Crippen LogP contribution in [0.25, 0.3) is 0 Å². The van der Waals surface area contributed by atoms with Gasteiger partial charge in [0.2, 0.25) is 9.84 Å². The van der Waals surface area contributed by atoms with Gasteiger partial charge in [0.05, 0.1) is 17.7 Å². The molecule has 0 saturated heterocycles. The molecule has 3 rings (SSSR count). The van der Waals surface area contributed by atoms with E-state index in [-0.39, 0.29) is 9.80 Å². The summed E-state index contributed by atoms with van der Waals surface area (Å²) in [5, 5.41) is 0. The molecule has 0 radical (unpaired) electrons. The summed E-state index contributed by atoms with van der Waals surface area (Å²) in [6, 6.07) is 12.4. The minimum atomic E-state index is -3.91. The van der Waals surface area contributed by atoms with Crippen molar-refractivity contribution in [3.05, 3.63) is 64.7 Å². The molecule has 6 heteroatoms. The first-order valence-corrected chi connectivity index (χ1v) is 8.86. The van der Waals surface area contributed by atoms with Gasteiger partial charge in [-0.1, -0.05) is 24.3 Å². The van der Waals surface area contributed by atoms with Crippen LogP contribution in [0.3, 0.4) is 0 Å². The lowest BCUT2D eigenvalue weighted by Crippen LogP contribution is -2.26. The Hall–Kier alpha value is -2.60. The zero-order valence-electron chi connectivity index (χ0n) is 13.6. The number of hydrogen-bond acceptors (Lipinski definition) is 5. The number of sulfone groups is 1. The van der Waals surface area contributed by atoms with Gasteiger partial charge < -0.3 is 9.64 Å². The number of nitrogens with zero attached hydrogens (tertiary/aromatic N) is 1. The second kappa shape index (κ2) is 5.79. The number of anilines is 2. The van der Waals surface area contributed by atoms with Gasteiger partial charge in [0, 0.05) is 11.9 Å². The Bertz CT molecular complexity index is 961. The van der Waals surface area contributed by atoms with Gasteiger partial charge in [0.1, 0.15) is 0 Å². The molecule has 0 bridgehead atoms. The van der Waals surface area contributed by atoms with Crippen LogP contribution in [0.1, 0.15) is 11.1 Å². The van der Waals surface area contributed by atoms with Crippen molar-refractivity contribution >= 4 is 27.2 Å². The van der Waals surface area contributed by atoms with E-state index >= 15 is 0 Å². The number of benzene rings is 2. The topological polar surface area (TPSA) is 63.7 Å². The molecule has 0 spiro atoms. The summed E-state index contributed by atoms with van der Waals surface area (Å²) >= 11 is 0. The fraction of sp³-hybridized carbons (Fsp3) is 0.167. The maximum atomic E-state index is 12.7. The monoisotopic (exact) mass is 343 g/mol. The molecule has 2 aromatic rings. The molecule has 1 heterocycles. The van der Waals surface area contributed by atoms with Crippen molar-refractivity contribution < 1.29 is 17.9 Å². The second-order valence-corrected chi connectivity index (χ2v) is 7.43. The zero-order chi connectivity index (χ0) is 17.5. The van der Waals surface area contributed by atoms with E-state index < -0.39 is 15.8 Å². The summed E-state index contributed by atoms with van der Waals surface area (Å²) in [5.41, 5.74) is 3.41. The summed E-state index contributed by atoms with van der Waals surface area (Å²) in [4.78, 5) is 13.5. The highest BCUT2D eigenvalue weighted by atomic mass is 32.2. The summed E-state index contributed by atoms with van der Waals surface area (Å²) in [7, 11) is -2.75. The Labute approximate surface area is 141 Å². The SMILES string of the molecule is COC(=O)C1=CN(c2cccc(C)c2C)c2ccccc2S1(=O)=O. The molecule has 24 heavy (non-hydrogen) atoms. The number of rotatable bonds is 2. The quantitative estimate of drug-likeness (QED) is 0.783. The molecular formula is C18H17NO4S. The third-order valence-corrected chi connectivity index (χ3v) is 5.95. The van der Waals surface area contributed by atoms with E-state index in [4.69, 9.17) is 0 Å². The molecule has 124 valence electrons. The molecule has 0 atom stereocenters. The van der Waals surface area contributed by atoms with Crippen LogP contribution in [0.15, 0.2) is 58.5 Å². The van der Waals surface area contributed by atoms with Crippen LogP contribution in [0.5, 0.6) is 0 Å². The Morgan fingerprint density at radius 1 is 1.00 bits per heavy atom. The molecule has 1 aliphatic heterocycles. The van der Waals surface area contributed by atoms with Gasteiger partial charge in [-0.25, -0.2) is 13.2 Å². The molecule has 0 unspecified atom stereocenters. The molecule has 0 aromatic heterocycles. The van der Waals surface area contributed by atoms with Gasteiger partial charge in [-0.2, -0.15) is 0 Å². The van der Waals surface area contributed by atoms with E-state index in [1.165, 1.54) is 19.4 Å². The fourth-order valence-electron chi connectivity index (χ4n) is 2.72. The van der Waals surface area contributed by atoms with E-state index in [1.54, 1.807) is 23.1 Å². The maximum absolute atomic E-state index is 12.7. The zero-order valence-corrected chi connectivity index (χ0v) is 14.4. The Balaban J connectivity index is 2.32. The first-order valence-electron chi connectivity index (χ1n) is 7.37. The predicted molar refractivity (Wildman–Crippen MR) is 91.8 cm³/mol. The molecule has 5 nitrogen and oxygen atoms in total. The van der Waals surface area contributed by atoms with E-state index in [0.29, 0.717) is 5.69 Å². The lowest BCUT2D eigenvalue weighted by atomic mass is 10.1. The number of fused-ring (bicyclic) bond motifs is 1. The van der Waals surface area contributed by atoms with Crippen molar-refractivity contribution in [3.63, 3.8) is 0 Å². The molecule has 0 N–H and O–H groups in total. The lowest BCUT2D eigenvalue weighted by molar-refractivity contribution is -0.135. The van der Waals surface area contributed by atoms with Crippen molar-refractivity contribution in [2.24, 2.45) is 0 Å². The molecule has 0 aliphatic carbocycles. The molecule has 1 aliphatic rings. The number of ether oxygens (including phenoxy) is 1. The minimum Gasteiger partial charge on any atom is -0.465 e. The number of carbonyl (C=O) groups is 1. The number of hydrogen-bond donors (Lipinski definition) is 0. The normalized spacial score (nSPS) is 15.5. The van der Waals surface area contributed by atoms with E-state index in [2.05, 4.69) is 4.74 Å². The summed E-state index contributed by atoms with van der Waals surface area (Å²) < 4.78 is 30.1. The van der Waals surface area contributed by atoms with Gasteiger partial charge >= 0.3 is 5.97 Å². The van der Waals surface area contributed by atoms with Crippen LogP contribution >= 0.6 is 0 Å². The Kier molecular flexibility index (Phi) is 3.93. The van der Waals surface area contributed by atoms with Gasteiger partial charge in [-0.3, -0.25) is 0 Å². The average molecular weight is 343 g/mol. The van der Waals surface area contributed by atoms with E-state index in [9.17, 15) is 13.2 Å². The molecule has 2 aromatic carbocycles. The smallest absolute Gasteiger partial charge is 0.351 e. The van der Waals surface area contributed by atoms with Crippen molar-refractivity contribution in [2.45, 2.75) is 18.7 Å². The van der Waals surface area contributed by atoms with Crippen molar-refractivity contribution in [2.75, 3.05) is 12.0 Å². The van der Waals surface area contributed by atoms with Crippen molar-refractivity contribution in [1.29, 1.82) is 0 Å². The van der Waals surface area contributed by atoms with Crippen LogP contribution in [0.4, 0.5) is 11.4 Å². The van der Waals surface area contributed by atoms with Gasteiger partial charge in [-0.15, -0.1) is 0 Å². The molecule has 0 saturated carbocycles. The predicted octanol–water partition coefficient (Wildman–Crippen LogP) is 3.24. The standard InChI is InChI=1S/C18H17NO4S/c1-12-7-6-9-14(13(12)2)19-11-17(18(20)23-3)24(21,22)16-10-5-4-8-15(16)19/h4-11H,1-3H3. The second-order valence-electron chi connectivity index (χ2n) is 5.55. The Morgan fingerprint density at radius 2 is 1.67 bits per heavy atom. The first kappa shape index (κ1) is 16.3. The highest BCUT2D eigenvalue weighted by molar-refractivity contribution is 7.96. The van der Waals surface area contributed by atoms with Crippen LogP contribution in [-0.4, -0.2) is 21.5 Å². The highest BCUT2D eigenvalue weighted by Gasteiger charge is 2.36. The fourth-order valence-corrected chi connectivity index (χ4v) is 4.20. The van der Waals surface area contributed by atoms with Gasteiger partial charge in [0.25, 0.3) is 0 Å². The van der Waals surface area contributed by atoms with E-state index in [0.717, 1.165) is 16.8 Å². The number of aryl methyl sites for hydroxylation is 1. The lowest BCUT2D eigenvalue weighted by Gasteiger charge is -2.29. The minimum absolute atomic E-state index is 0.0915. The number of para-hydroxylation sites is 1. The highest BCUT2D eigenvalue weighted by Crippen LogP contribution is 2.41. The third-order valence-electron chi connectivity index (χ3n) is 4.17. The molecule has 0 fully saturated rings. The number of carbonyl (C=O) groups excluding carboxylic acids is 1. The first-order chi connectivity index (χ1) is 11.4. The third kappa shape index (κ3) is 2.39. The molecular weight excluding hydrogens is 326 g/mol. The number of methoxy groups -OCH3 is 1. The Morgan fingerprint density at radius 3 is 2.38 bits per heavy atom. The van der Waals surface area contributed by atoms with Crippen molar-refractivity contribution in [3.8, 4) is 0 Å². The average Bonchev–Trinajstić information content (AvgIpc) is 2.57. The van der Waals surface area contributed by atoms with Crippen LogP contribution in [0.2, 0.25) is 0 Å². The summed E-state index contributed by atoms with van der Waals surface area (Å²) in [6.07, 6.45) is 1.34. The van der Waals surface area contributed by atoms with Crippen LogP contribution < -0.4 is 4.90 Å². The van der Waals surface area contributed by atoms with E-state index in [1.807, 2.05) is 32.0 Å². The van der Waals surface area contributed by atoms with Crippen LogP contribution in [0, 0.1) is 13.8 Å². The van der Waals surface area contributed by atoms with Gasteiger partial charge in [-0.05, 0) is 43.2 Å². The molecule has 0 amide bonds. The number of esters is 1. The van der Waals surface area contributed by atoms with Crippen LogP contribution in [-0.2, 0) is 19.4 Å². The van der Waals surface area contributed by atoms with Gasteiger partial charge in [0.15, 0.2) is 4.91 Å². The van der Waals surface area contributed by atoms with Crippen molar-refractivity contribution in [1.82, 2.24) is 0 Å². The summed E-state index contributed by atoms with van der Waals surface area (Å²) in [6.45, 7) is 3.94. The maximum Gasteiger partial charge on any atom is 0.351 e.